The molecule has 0 aromatic heterocycles. The number of benzene rings is 2. The Kier molecular flexibility index (Phi) is 10.3. The second kappa shape index (κ2) is 11.1. The van der Waals surface area contributed by atoms with Gasteiger partial charge in [-0.15, -0.1) is 0 Å². The van der Waals surface area contributed by atoms with Crippen LogP contribution in [0.4, 0.5) is 22.0 Å². The number of halogens is 5. The van der Waals surface area contributed by atoms with Gasteiger partial charge in [0.15, 0.2) is 0 Å². The molecule has 0 heterocycles. The zero-order valence-electron chi connectivity index (χ0n) is 16.8. The predicted molar refractivity (Wildman–Crippen MR) is 102 cm³/mol. The lowest BCUT2D eigenvalue weighted by Crippen LogP contribution is -2.11. The van der Waals surface area contributed by atoms with Crippen LogP contribution in [0.15, 0.2) is 42.5 Å². The standard InChI is InChI=1S/C10H12F2.C9H9F3.C3H8/c1-10(2,3)7-4-8(11)6-9(12)5-7;1-2-7-3-5-8(6-4-7)9(10,11)12;1-3-2/h4-6H,1-3H3;3-6H,2H2,1H3;3H2,1-2H3. The van der Waals surface area contributed by atoms with E-state index < -0.39 is 23.4 Å². The molecule has 152 valence electrons. The fraction of sp³-hybridized carbons (Fsp3) is 0.455. The molecule has 0 spiro atoms. The average molecular weight is 388 g/mol. The van der Waals surface area contributed by atoms with Gasteiger partial charge >= 0.3 is 6.18 Å². The minimum atomic E-state index is -4.22. The molecule has 0 fully saturated rings. The van der Waals surface area contributed by atoms with Crippen molar-refractivity contribution in [3.8, 4) is 0 Å². The van der Waals surface area contributed by atoms with Crippen LogP contribution >= 0.6 is 0 Å². The first kappa shape index (κ1) is 25.1. The highest BCUT2D eigenvalue weighted by atomic mass is 19.4. The Hall–Kier alpha value is -1.91. The van der Waals surface area contributed by atoms with Crippen molar-refractivity contribution in [1.29, 1.82) is 0 Å². The fourth-order valence-electron chi connectivity index (χ4n) is 1.92. The van der Waals surface area contributed by atoms with Gasteiger partial charge in [0.2, 0.25) is 0 Å². The van der Waals surface area contributed by atoms with Gasteiger partial charge in [-0.05, 0) is 47.2 Å². The molecule has 2 rings (SSSR count). The molecule has 27 heavy (non-hydrogen) atoms. The zero-order valence-corrected chi connectivity index (χ0v) is 16.8. The van der Waals surface area contributed by atoms with Crippen molar-refractivity contribution in [3.05, 3.63) is 70.8 Å². The summed E-state index contributed by atoms with van der Waals surface area (Å²) in [6, 6.07) is 8.84. The lowest BCUT2D eigenvalue weighted by Gasteiger charge is -2.18. The minimum Gasteiger partial charge on any atom is -0.207 e. The summed E-state index contributed by atoms with van der Waals surface area (Å²) >= 11 is 0. The molecule has 0 N–H and O–H groups in total. The van der Waals surface area contributed by atoms with Crippen molar-refractivity contribution in [1.82, 2.24) is 0 Å². The van der Waals surface area contributed by atoms with Crippen LogP contribution < -0.4 is 0 Å². The van der Waals surface area contributed by atoms with Gasteiger partial charge in [0.05, 0.1) is 5.56 Å². The molecule has 5 heteroatoms. The summed E-state index contributed by atoms with van der Waals surface area (Å²) in [4.78, 5) is 0. The van der Waals surface area contributed by atoms with E-state index in [1.165, 1.54) is 30.7 Å². The van der Waals surface area contributed by atoms with Crippen LogP contribution in [0.5, 0.6) is 0 Å². The molecular weight excluding hydrogens is 359 g/mol. The smallest absolute Gasteiger partial charge is 0.207 e. The molecule has 2 aromatic carbocycles. The highest BCUT2D eigenvalue weighted by molar-refractivity contribution is 5.25. The maximum atomic E-state index is 12.7. The normalized spacial score (nSPS) is 11.1. The highest BCUT2D eigenvalue weighted by Crippen LogP contribution is 2.29. The second-order valence-corrected chi connectivity index (χ2v) is 7.16. The van der Waals surface area contributed by atoms with Crippen LogP contribution in [0.25, 0.3) is 0 Å². The van der Waals surface area contributed by atoms with E-state index in [-0.39, 0.29) is 5.41 Å². The van der Waals surface area contributed by atoms with Crippen molar-refractivity contribution >= 4 is 0 Å². The number of rotatable bonds is 1. The van der Waals surface area contributed by atoms with Gasteiger partial charge in [-0.3, -0.25) is 0 Å². The van der Waals surface area contributed by atoms with Crippen LogP contribution in [0.2, 0.25) is 0 Å². The summed E-state index contributed by atoms with van der Waals surface area (Å²) in [5, 5.41) is 0. The van der Waals surface area contributed by atoms with E-state index in [0.29, 0.717) is 5.56 Å². The lowest BCUT2D eigenvalue weighted by atomic mass is 9.87. The average Bonchev–Trinajstić information content (AvgIpc) is 2.54. The van der Waals surface area contributed by atoms with E-state index in [0.717, 1.165) is 30.2 Å². The van der Waals surface area contributed by atoms with Crippen molar-refractivity contribution in [2.45, 2.75) is 66.0 Å². The molecule has 0 atom stereocenters. The zero-order chi connectivity index (χ0) is 21.3. The second-order valence-electron chi connectivity index (χ2n) is 7.16. The van der Waals surface area contributed by atoms with E-state index in [4.69, 9.17) is 0 Å². The van der Waals surface area contributed by atoms with Crippen molar-refractivity contribution in [2.75, 3.05) is 0 Å². The Balaban J connectivity index is 0.000000438. The maximum Gasteiger partial charge on any atom is 0.416 e. The lowest BCUT2D eigenvalue weighted by molar-refractivity contribution is -0.137. The quantitative estimate of drug-likeness (QED) is 0.435. The molecule has 0 radical (unpaired) electrons. The Bertz CT molecular complexity index is 644. The van der Waals surface area contributed by atoms with Gasteiger partial charge < -0.3 is 0 Å². The summed E-state index contributed by atoms with van der Waals surface area (Å²) in [7, 11) is 0. The molecule has 0 amide bonds. The first-order chi connectivity index (χ1) is 12.3. The van der Waals surface area contributed by atoms with Gasteiger partial charge in [-0.1, -0.05) is 60.1 Å². The van der Waals surface area contributed by atoms with Crippen LogP contribution in [-0.2, 0) is 18.0 Å². The number of hydrogen-bond donors (Lipinski definition) is 0. The molecule has 0 bridgehead atoms. The minimum absolute atomic E-state index is 0.205. The molecular formula is C22H29F5. The third-order valence-electron chi connectivity index (χ3n) is 3.42. The first-order valence-corrected chi connectivity index (χ1v) is 8.97. The molecule has 0 aliphatic rings. The van der Waals surface area contributed by atoms with Gasteiger partial charge in [-0.2, -0.15) is 13.2 Å². The molecule has 0 saturated heterocycles. The van der Waals surface area contributed by atoms with Gasteiger partial charge in [0.1, 0.15) is 11.6 Å². The Morgan fingerprint density at radius 1 is 0.704 bits per heavy atom. The number of hydrogen-bond acceptors (Lipinski definition) is 0. The van der Waals surface area contributed by atoms with E-state index >= 15 is 0 Å². The molecule has 0 nitrogen and oxygen atoms in total. The van der Waals surface area contributed by atoms with Crippen molar-refractivity contribution in [3.63, 3.8) is 0 Å². The summed E-state index contributed by atoms with van der Waals surface area (Å²) in [6.07, 6.45) is -2.20. The third kappa shape index (κ3) is 10.1. The number of aryl methyl sites for hydroxylation is 1. The van der Waals surface area contributed by atoms with Crippen molar-refractivity contribution < 1.29 is 22.0 Å². The predicted octanol–water partition coefficient (Wildman–Crippen LogP) is 7.95. The SMILES string of the molecule is CC(C)(C)c1cc(F)cc(F)c1.CCC.CCc1ccc(C(F)(F)F)cc1. The molecule has 0 aliphatic carbocycles. The monoisotopic (exact) mass is 388 g/mol. The van der Waals surface area contributed by atoms with Crippen molar-refractivity contribution in [2.24, 2.45) is 0 Å². The highest BCUT2D eigenvalue weighted by Gasteiger charge is 2.29. The van der Waals surface area contributed by atoms with Gasteiger partial charge in [-0.25, -0.2) is 8.78 Å². The summed E-state index contributed by atoms with van der Waals surface area (Å²) < 4.78 is 61.5. The Morgan fingerprint density at radius 3 is 1.41 bits per heavy atom. The molecule has 0 saturated carbocycles. The van der Waals surface area contributed by atoms with Gasteiger partial charge in [0, 0.05) is 6.07 Å². The molecule has 0 aliphatic heterocycles. The maximum absolute atomic E-state index is 12.7. The Labute approximate surface area is 159 Å². The fourth-order valence-corrected chi connectivity index (χ4v) is 1.92. The third-order valence-corrected chi connectivity index (χ3v) is 3.42. The van der Waals surface area contributed by atoms with Crippen LogP contribution in [-0.4, -0.2) is 0 Å². The molecule has 2 aromatic rings. The number of alkyl halides is 3. The van der Waals surface area contributed by atoms with Crippen LogP contribution in [0.3, 0.4) is 0 Å². The van der Waals surface area contributed by atoms with Crippen LogP contribution in [0, 0.1) is 11.6 Å². The summed E-state index contributed by atoms with van der Waals surface area (Å²) in [5.41, 5.74) is 0.811. The van der Waals surface area contributed by atoms with E-state index in [9.17, 15) is 22.0 Å². The summed E-state index contributed by atoms with van der Waals surface area (Å²) in [5.74, 6) is -1.03. The Morgan fingerprint density at radius 2 is 1.11 bits per heavy atom. The van der Waals surface area contributed by atoms with Crippen LogP contribution in [0.1, 0.15) is 64.7 Å². The van der Waals surface area contributed by atoms with E-state index in [2.05, 4.69) is 13.8 Å². The summed E-state index contributed by atoms with van der Waals surface area (Å²) in [6.45, 7) is 11.9. The molecule has 0 unspecified atom stereocenters. The van der Waals surface area contributed by atoms with E-state index in [1.54, 1.807) is 0 Å². The largest absolute Gasteiger partial charge is 0.416 e. The van der Waals surface area contributed by atoms with E-state index in [1.807, 2.05) is 27.7 Å². The topological polar surface area (TPSA) is 0 Å². The first-order valence-electron chi connectivity index (χ1n) is 8.97. The van der Waals surface area contributed by atoms with Gasteiger partial charge in [0.25, 0.3) is 0 Å².